The third-order valence-corrected chi connectivity index (χ3v) is 4.35. The highest BCUT2D eigenvalue weighted by Gasteiger charge is 2.37. The number of pyridine rings is 1. The summed E-state index contributed by atoms with van der Waals surface area (Å²) in [6, 6.07) is 5.90. The molecule has 1 aliphatic rings. The van der Waals surface area contributed by atoms with E-state index in [0.717, 1.165) is 0 Å². The Morgan fingerprint density at radius 1 is 1.33 bits per heavy atom. The summed E-state index contributed by atoms with van der Waals surface area (Å²) in [5, 5.41) is 12.3. The van der Waals surface area contributed by atoms with Crippen LogP contribution in [0.3, 0.4) is 0 Å². The Hall–Kier alpha value is -3.07. The summed E-state index contributed by atoms with van der Waals surface area (Å²) in [7, 11) is 0. The summed E-state index contributed by atoms with van der Waals surface area (Å²) in [6.07, 6.45) is -0.640. The molecule has 8 nitrogen and oxygen atoms in total. The van der Waals surface area contributed by atoms with Crippen molar-refractivity contribution in [3.05, 3.63) is 41.8 Å². The molecule has 27 heavy (non-hydrogen) atoms. The molecule has 1 aliphatic heterocycles. The van der Waals surface area contributed by atoms with Crippen LogP contribution < -0.4 is 5.32 Å². The van der Waals surface area contributed by atoms with Crippen molar-refractivity contribution in [1.82, 2.24) is 15.2 Å². The molecule has 2 amide bonds. The Labute approximate surface area is 153 Å². The van der Waals surface area contributed by atoms with E-state index < -0.39 is 35.7 Å². The number of ether oxygens (including phenoxy) is 1. The first-order valence-corrected chi connectivity index (χ1v) is 8.35. The molecule has 3 rings (SSSR count). The standard InChI is InChI=1S/C18H18FN3O5/c1-10-16(18(25)26)22(6-7-27-10)15(23)9-20-17(24)14-4-2-11-8-12(19)3-5-13(11)21-14/h2-5,8,10,16H,6-7,9H2,1H3,(H,20,24)(H,25,26)/t10-,16+/m1/s1. The first-order chi connectivity index (χ1) is 12.9. The fourth-order valence-electron chi connectivity index (χ4n) is 3.01. The maximum absolute atomic E-state index is 13.2. The van der Waals surface area contributed by atoms with E-state index in [2.05, 4.69) is 10.3 Å². The molecule has 1 aromatic carbocycles. The number of halogens is 1. The number of hydrogen-bond acceptors (Lipinski definition) is 5. The zero-order chi connectivity index (χ0) is 19.6. The van der Waals surface area contributed by atoms with Gasteiger partial charge in [0.25, 0.3) is 5.91 Å². The largest absolute Gasteiger partial charge is 0.480 e. The number of aromatic nitrogens is 1. The van der Waals surface area contributed by atoms with Gasteiger partial charge in [0.15, 0.2) is 6.04 Å². The second-order valence-electron chi connectivity index (χ2n) is 6.16. The van der Waals surface area contributed by atoms with Gasteiger partial charge in [0.2, 0.25) is 5.91 Å². The van der Waals surface area contributed by atoms with E-state index in [4.69, 9.17) is 4.74 Å². The van der Waals surface area contributed by atoms with Gasteiger partial charge in [0.1, 0.15) is 11.5 Å². The number of amides is 2. The molecule has 2 atom stereocenters. The summed E-state index contributed by atoms with van der Waals surface area (Å²) in [6.45, 7) is 1.58. The molecule has 0 saturated carbocycles. The number of carboxylic acid groups (broad SMARTS) is 1. The molecule has 2 heterocycles. The first-order valence-electron chi connectivity index (χ1n) is 8.35. The maximum atomic E-state index is 13.2. The van der Waals surface area contributed by atoms with Crippen molar-refractivity contribution in [2.24, 2.45) is 0 Å². The topological polar surface area (TPSA) is 109 Å². The van der Waals surface area contributed by atoms with Crippen LogP contribution in [0.25, 0.3) is 10.9 Å². The van der Waals surface area contributed by atoms with Gasteiger partial charge in [-0.2, -0.15) is 0 Å². The molecular formula is C18H18FN3O5. The number of nitrogens with one attached hydrogen (secondary N) is 1. The van der Waals surface area contributed by atoms with Crippen LogP contribution >= 0.6 is 0 Å². The lowest BCUT2D eigenvalue weighted by Gasteiger charge is -2.37. The van der Waals surface area contributed by atoms with Gasteiger partial charge in [-0.25, -0.2) is 14.2 Å². The van der Waals surface area contributed by atoms with Crippen LogP contribution in [0.5, 0.6) is 0 Å². The quantitative estimate of drug-likeness (QED) is 0.818. The van der Waals surface area contributed by atoms with Gasteiger partial charge in [-0.1, -0.05) is 6.07 Å². The number of hydrogen-bond donors (Lipinski definition) is 2. The fraction of sp³-hybridized carbons (Fsp3) is 0.333. The van der Waals surface area contributed by atoms with E-state index >= 15 is 0 Å². The highest BCUT2D eigenvalue weighted by Crippen LogP contribution is 2.15. The molecule has 9 heteroatoms. The first kappa shape index (κ1) is 18.7. The van der Waals surface area contributed by atoms with Crippen LogP contribution in [-0.2, 0) is 14.3 Å². The maximum Gasteiger partial charge on any atom is 0.329 e. The number of aliphatic carboxylic acids is 1. The molecule has 2 aromatic rings. The lowest BCUT2D eigenvalue weighted by atomic mass is 10.1. The zero-order valence-electron chi connectivity index (χ0n) is 14.5. The Morgan fingerprint density at radius 3 is 2.85 bits per heavy atom. The Kier molecular flexibility index (Phi) is 5.31. The zero-order valence-corrected chi connectivity index (χ0v) is 14.5. The van der Waals surface area contributed by atoms with E-state index in [1.165, 1.54) is 29.2 Å². The highest BCUT2D eigenvalue weighted by atomic mass is 19.1. The average molecular weight is 375 g/mol. The Balaban J connectivity index is 1.67. The molecule has 0 spiro atoms. The van der Waals surface area contributed by atoms with E-state index in [1.807, 2.05) is 0 Å². The van der Waals surface area contributed by atoms with Crippen molar-refractivity contribution in [3.63, 3.8) is 0 Å². The lowest BCUT2D eigenvalue weighted by molar-refractivity contribution is -0.164. The number of carbonyl (C=O) groups is 3. The van der Waals surface area contributed by atoms with Crippen molar-refractivity contribution in [3.8, 4) is 0 Å². The summed E-state index contributed by atoms with van der Waals surface area (Å²) >= 11 is 0. The van der Waals surface area contributed by atoms with Gasteiger partial charge in [-0.05, 0) is 31.2 Å². The molecule has 0 unspecified atom stereocenters. The van der Waals surface area contributed by atoms with Crippen molar-refractivity contribution >= 4 is 28.7 Å². The van der Waals surface area contributed by atoms with Crippen molar-refractivity contribution < 1.29 is 28.6 Å². The van der Waals surface area contributed by atoms with E-state index in [1.54, 1.807) is 13.0 Å². The minimum Gasteiger partial charge on any atom is -0.480 e. The van der Waals surface area contributed by atoms with Crippen molar-refractivity contribution in [1.29, 1.82) is 0 Å². The van der Waals surface area contributed by atoms with Gasteiger partial charge in [0, 0.05) is 11.9 Å². The van der Waals surface area contributed by atoms with Crippen LogP contribution in [0, 0.1) is 5.82 Å². The van der Waals surface area contributed by atoms with Gasteiger partial charge in [0.05, 0.1) is 24.8 Å². The number of benzene rings is 1. The van der Waals surface area contributed by atoms with E-state index in [-0.39, 0.29) is 25.4 Å². The number of carbonyl (C=O) groups excluding carboxylic acids is 2. The minimum atomic E-state index is -1.16. The van der Waals surface area contributed by atoms with Crippen molar-refractivity contribution in [2.75, 3.05) is 19.7 Å². The molecule has 1 saturated heterocycles. The molecule has 0 bridgehead atoms. The van der Waals surface area contributed by atoms with Crippen LogP contribution in [0.2, 0.25) is 0 Å². The number of fused-ring (bicyclic) bond motifs is 1. The predicted octanol–water partition coefficient (Wildman–Crippen LogP) is 0.804. The lowest BCUT2D eigenvalue weighted by Crippen LogP contribution is -2.58. The Morgan fingerprint density at radius 2 is 2.11 bits per heavy atom. The summed E-state index contributed by atoms with van der Waals surface area (Å²) in [5.41, 5.74) is 0.523. The SMILES string of the molecule is C[C@H]1OCCN(C(=O)CNC(=O)c2ccc3cc(F)ccc3n2)[C@@H]1C(=O)O. The molecule has 0 aliphatic carbocycles. The number of carboxylic acids is 1. The minimum absolute atomic E-state index is 0.0760. The van der Waals surface area contributed by atoms with E-state index in [0.29, 0.717) is 10.9 Å². The number of rotatable bonds is 4. The fourth-order valence-corrected chi connectivity index (χ4v) is 3.01. The Bertz CT molecular complexity index is 904. The van der Waals surface area contributed by atoms with Crippen molar-refractivity contribution in [2.45, 2.75) is 19.1 Å². The summed E-state index contributed by atoms with van der Waals surface area (Å²) in [4.78, 5) is 41.4. The third kappa shape index (κ3) is 4.03. The van der Waals surface area contributed by atoms with Gasteiger partial charge < -0.3 is 20.1 Å². The van der Waals surface area contributed by atoms with Gasteiger partial charge in [-0.15, -0.1) is 0 Å². The second kappa shape index (κ2) is 7.67. The number of nitrogens with zero attached hydrogens (tertiary/aromatic N) is 2. The molecule has 1 aromatic heterocycles. The van der Waals surface area contributed by atoms with Gasteiger partial charge in [-0.3, -0.25) is 9.59 Å². The average Bonchev–Trinajstić information content (AvgIpc) is 2.64. The molecule has 142 valence electrons. The van der Waals surface area contributed by atoms with Crippen LogP contribution in [0.15, 0.2) is 30.3 Å². The van der Waals surface area contributed by atoms with Crippen LogP contribution in [0.4, 0.5) is 4.39 Å². The molecule has 1 fully saturated rings. The smallest absolute Gasteiger partial charge is 0.329 e. The summed E-state index contributed by atoms with van der Waals surface area (Å²) in [5.74, 6) is -2.67. The highest BCUT2D eigenvalue weighted by molar-refractivity contribution is 5.97. The monoisotopic (exact) mass is 375 g/mol. The molecule has 0 radical (unpaired) electrons. The third-order valence-electron chi connectivity index (χ3n) is 4.35. The van der Waals surface area contributed by atoms with Crippen LogP contribution in [-0.4, -0.2) is 64.6 Å². The normalized spacial score (nSPS) is 19.7. The second-order valence-corrected chi connectivity index (χ2v) is 6.16. The molecule has 2 N–H and O–H groups in total. The van der Waals surface area contributed by atoms with E-state index in [9.17, 15) is 23.9 Å². The predicted molar refractivity (Wildman–Crippen MR) is 92.6 cm³/mol. The summed E-state index contributed by atoms with van der Waals surface area (Å²) < 4.78 is 18.5. The number of morpholine rings is 1. The van der Waals surface area contributed by atoms with Gasteiger partial charge >= 0.3 is 5.97 Å². The molecular weight excluding hydrogens is 357 g/mol. The van der Waals surface area contributed by atoms with Crippen LogP contribution in [0.1, 0.15) is 17.4 Å².